The van der Waals surface area contributed by atoms with Crippen LogP contribution in [-0.4, -0.2) is 0 Å². The third-order valence-electron chi connectivity index (χ3n) is 4.75. The molecule has 0 amide bonds. The van der Waals surface area contributed by atoms with Crippen molar-refractivity contribution >= 4 is 0 Å². The van der Waals surface area contributed by atoms with Crippen molar-refractivity contribution in [1.29, 1.82) is 0 Å². The number of fused-ring (bicyclic) bond motifs is 3. The first-order valence-corrected chi connectivity index (χ1v) is 6.30. The van der Waals surface area contributed by atoms with Crippen molar-refractivity contribution in [3.05, 3.63) is 35.4 Å². The van der Waals surface area contributed by atoms with Crippen LogP contribution in [-0.2, 0) is 5.41 Å². The van der Waals surface area contributed by atoms with E-state index < -0.39 is 0 Å². The van der Waals surface area contributed by atoms with Gasteiger partial charge >= 0.3 is 0 Å². The Hall–Kier alpha value is -0.780. The molecule has 1 saturated carbocycles. The first-order chi connectivity index (χ1) is 7.21. The highest BCUT2D eigenvalue weighted by molar-refractivity contribution is 5.43. The van der Waals surface area contributed by atoms with Crippen LogP contribution in [0, 0.1) is 5.92 Å². The van der Waals surface area contributed by atoms with Crippen LogP contribution in [0.5, 0.6) is 0 Å². The highest BCUT2D eigenvalue weighted by Gasteiger charge is 2.46. The zero-order valence-electron chi connectivity index (χ0n) is 9.79. The van der Waals surface area contributed by atoms with Crippen molar-refractivity contribution in [1.82, 2.24) is 0 Å². The van der Waals surface area contributed by atoms with Crippen LogP contribution >= 0.6 is 0 Å². The number of hydrogen-bond donors (Lipinski definition) is 0. The van der Waals surface area contributed by atoms with Gasteiger partial charge in [0.1, 0.15) is 0 Å². The van der Waals surface area contributed by atoms with E-state index >= 15 is 0 Å². The maximum atomic E-state index is 2.45. The Morgan fingerprint density at radius 1 is 1.07 bits per heavy atom. The molecule has 80 valence electrons. The Morgan fingerprint density at radius 3 is 2.67 bits per heavy atom. The molecule has 2 atom stereocenters. The summed E-state index contributed by atoms with van der Waals surface area (Å²) in [5.74, 6) is 1.77. The molecule has 0 aliphatic heterocycles. The summed E-state index contributed by atoms with van der Waals surface area (Å²) in [7, 11) is 0. The van der Waals surface area contributed by atoms with E-state index in [1.165, 1.54) is 25.7 Å². The van der Waals surface area contributed by atoms with Crippen LogP contribution in [0.2, 0.25) is 0 Å². The molecule has 3 rings (SSSR count). The topological polar surface area (TPSA) is 0 Å². The summed E-state index contributed by atoms with van der Waals surface area (Å²) in [6.45, 7) is 4.89. The highest BCUT2D eigenvalue weighted by atomic mass is 14.5. The SMILES string of the molecule is CC1(C)c2ccccc2C2CCCC[C@H]21. The Balaban J connectivity index is 2.13. The average molecular weight is 200 g/mol. The molecule has 0 nitrogen and oxygen atoms in total. The second-order valence-electron chi connectivity index (χ2n) is 5.81. The van der Waals surface area contributed by atoms with E-state index in [1.54, 1.807) is 11.1 Å². The molecule has 1 aromatic carbocycles. The first-order valence-electron chi connectivity index (χ1n) is 6.30. The fourth-order valence-corrected chi connectivity index (χ4v) is 3.97. The fraction of sp³-hybridized carbons (Fsp3) is 0.600. The molecule has 0 saturated heterocycles. The minimum Gasteiger partial charge on any atom is -0.0620 e. The predicted molar refractivity (Wildman–Crippen MR) is 64.2 cm³/mol. The number of benzene rings is 1. The average Bonchev–Trinajstić information content (AvgIpc) is 2.51. The lowest BCUT2D eigenvalue weighted by atomic mass is 9.70. The molecule has 1 unspecified atom stereocenters. The first kappa shape index (κ1) is 9.45. The van der Waals surface area contributed by atoms with E-state index in [0.717, 1.165) is 11.8 Å². The molecular formula is C15H20. The highest BCUT2D eigenvalue weighted by Crippen LogP contribution is 2.55. The van der Waals surface area contributed by atoms with E-state index in [2.05, 4.69) is 38.1 Å². The zero-order chi connectivity index (χ0) is 10.5. The summed E-state index contributed by atoms with van der Waals surface area (Å²) in [5, 5.41) is 0. The van der Waals surface area contributed by atoms with Gasteiger partial charge < -0.3 is 0 Å². The van der Waals surface area contributed by atoms with Crippen molar-refractivity contribution < 1.29 is 0 Å². The van der Waals surface area contributed by atoms with Gasteiger partial charge in [-0.25, -0.2) is 0 Å². The minimum atomic E-state index is 0.418. The van der Waals surface area contributed by atoms with E-state index in [4.69, 9.17) is 0 Å². The van der Waals surface area contributed by atoms with Crippen molar-refractivity contribution in [2.75, 3.05) is 0 Å². The molecule has 0 N–H and O–H groups in total. The quantitative estimate of drug-likeness (QED) is 0.587. The van der Waals surface area contributed by atoms with Crippen LogP contribution < -0.4 is 0 Å². The van der Waals surface area contributed by atoms with Crippen LogP contribution in [0.4, 0.5) is 0 Å². The van der Waals surface area contributed by atoms with Gasteiger partial charge in [0.2, 0.25) is 0 Å². The second-order valence-corrected chi connectivity index (χ2v) is 5.81. The van der Waals surface area contributed by atoms with Crippen LogP contribution in [0.25, 0.3) is 0 Å². The molecule has 0 heteroatoms. The molecule has 0 radical (unpaired) electrons. The summed E-state index contributed by atoms with van der Waals surface area (Å²) in [4.78, 5) is 0. The third kappa shape index (κ3) is 1.20. The Morgan fingerprint density at radius 2 is 1.80 bits per heavy atom. The molecule has 0 spiro atoms. The van der Waals surface area contributed by atoms with E-state index in [1.807, 2.05) is 0 Å². The Kier molecular flexibility index (Phi) is 1.95. The van der Waals surface area contributed by atoms with E-state index in [0.29, 0.717) is 5.41 Å². The molecule has 1 fully saturated rings. The minimum absolute atomic E-state index is 0.418. The molecule has 1 aromatic rings. The van der Waals surface area contributed by atoms with Gasteiger partial charge in [-0.2, -0.15) is 0 Å². The van der Waals surface area contributed by atoms with Gasteiger partial charge in [0.05, 0.1) is 0 Å². The van der Waals surface area contributed by atoms with Crippen molar-refractivity contribution in [3.8, 4) is 0 Å². The number of hydrogen-bond acceptors (Lipinski definition) is 0. The van der Waals surface area contributed by atoms with Crippen LogP contribution in [0.3, 0.4) is 0 Å². The van der Waals surface area contributed by atoms with Gasteiger partial charge in [-0.05, 0) is 41.2 Å². The molecule has 2 aliphatic rings. The maximum Gasteiger partial charge on any atom is -0.00667 e. The fourth-order valence-electron chi connectivity index (χ4n) is 3.97. The summed E-state index contributed by atoms with van der Waals surface area (Å²) >= 11 is 0. The Bertz CT molecular complexity index is 375. The standard InChI is InChI=1S/C15H20/c1-15(2)13-9-5-3-7-11(13)12-8-4-6-10-14(12)15/h3,5,7,9,12,14H,4,6,8,10H2,1-2H3/t12?,14-/m1/s1. The molecule has 15 heavy (non-hydrogen) atoms. The monoisotopic (exact) mass is 200 g/mol. The molecule has 0 aromatic heterocycles. The third-order valence-corrected chi connectivity index (χ3v) is 4.75. The molecule has 0 bridgehead atoms. The Labute approximate surface area is 92.7 Å². The van der Waals surface area contributed by atoms with Gasteiger partial charge in [-0.15, -0.1) is 0 Å². The molecule has 2 aliphatic carbocycles. The summed E-state index contributed by atoms with van der Waals surface area (Å²) < 4.78 is 0. The lowest BCUT2D eigenvalue weighted by molar-refractivity contribution is 0.233. The molecular weight excluding hydrogens is 180 g/mol. The lowest BCUT2D eigenvalue weighted by Gasteiger charge is -2.34. The van der Waals surface area contributed by atoms with Gasteiger partial charge in [-0.3, -0.25) is 0 Å². The number of rotatable bonds is 0. The lowest BCUT2D eigenvalue weighted by Crippen LogP contribution is -2.27. The van der Waals surface area contributed by atoms with Gasteiger partial charge in [0, 0.05) is 0 Å². The second kappa shape index (κ2) is 3.10. The summed E-state index contributed by atoms with van der Waals surface area (Å²) in [5.41, 5.74) is 3.70. The van der Waals surface area contributed by atoms with Gasteiger partial charge in [-0.1, -0.05) is 51.0 Å². The van der Waals surface area contributed by atoms with Crippen LogP contribution in [0.1, 0.15) is 56.6 Å². The predicted octanol–water partition coefficient (Wildman–Crippen LogP) is 4.25. The zero-order valence-corrected chi connectivity index (χ0v) is 9.79. The van der Waals surface area contributed by atoms with Crippen molar-refractivity contribution in [2.45, 2.75) is 50.9 Å². The van der Waals surface area contributed by atoms with Gasteiger partial charge in [0.15, 0.2) is 0 Å². The summed E-state index contributed by atoms with van der Waals surface area (Å²) in [6, 6.07) is 9.14. The molecule has 0 heterocycles. The largest absolute Gasteiger partial charge is 0.0620 e. The smallest absolute Gasteiger partial charge is 0.00667 e. The van der Waals surface area contributed by atoms with Gasteiger partial charge in [0.25, 0.3) is 0 Å². The normalized spacial score (nSPS) is 32.1. The van der Waals surface area contributed by atoms with E-state index in [-0.39, 0.29) is 0 Å². The van der Waals surface area contributed by atoms with E-state index in [9.17, 15) is 0 Å². The maximum absolute atomic E-state index is 2.45. The van der Waals surface area contributed by atoms with Crippen molar-refractivity contribution in [3.63, 3.8) is 0 Å². The van der Waals surface area contributed by atoms with Crippen LogP contribution in [0.15, 0.2) is 24.3 Å². The summed E-state index contributed by atoms with van der Waals surface area (Å²) in [6.07, 6.45) is 5.74. The van der Waals surface area contributed by atoms with Crippen molar-refractivity contribution in [2.24, 2.45) is 5.92 Å².